The van der Waals surface area contributed by atoms with Gasteiger partial charge in [-0.2, -0.15) is 0 Å². The maximum Gasteiger partial charge on any atom is 0.244 e. The summed E-state index contributed by atoms with van der Waals surface area (Å²) in [6, 6.07) is 21.3. The number of halogens is 2. The van der Waals surface area contributed by atoms with Crippen molar-refractivity contribution in [3.63, 3.8) is 0 Å². The number of hydrogen-bond donors (Lipinski definition) is 1. The molecule has 3 aromatic carbocycles. The number of amides is 2. The summed E-state index contributed by atoms with van der Waals surface area (Å²) in [7, 11) is -4.03. The first-order chi connectivity index (χ1) is 19.1. The Morgan fingerprint density at radius 2 is 1.57 bits per heavy atom. The number of sulfonamides is 1. The van der Waals surface area contributed by atoms with Crippen LogP contribution in [-0.2, 0) is 32.6 Å². The second kappa shape index (κ2) is 13.4. The standard InChI is InChI=1S/C30H33BrFN3O4S/c1-40(38,39)35(27-14-8-7-13-26(27)32)21-29(36)34(20-23-15-17-24(31)18-16-23)28(19-22-9-3-2-4-10-22)30(37)33-25-11-5-6-12-25/h2-4,7-10,13-18,25,28H,5-6,11-12,19-21H2,1H3,(H,33,37). The molecule has 40 heavy (non-hydrogen) atoms. The lowest BCUT2D eigenvalue weighted by Gasteiger charge is -2.34. The second-order valence-corrected chi connectivity index (χ2v) is 12.9. The summed E-state index contributed by atoms with van der Waals surface area (Å²) in [5, 5.41) is 3.12. The minimum absolute atomic E-state index is 0.0290. The van der Waals surface area contributed by atoms with E-state index in [1.807, 2.05) is 54.6 Å². The fourth-order valence-electron chi connectivity index (χ4n) is 4.96. The molecule has 212 valence electrons. The Kier molecular flexibility index (Phi) is 9.97. The van der Waals surface area contributed by atoms with E-state index in [1.165, 1.54) is 23.1 Å². The zero-order valence-electron chi connectivity index (χ0n) is 22.3. The number of carbonyl (C=O) groups is 2. The SMILES string of the molecule is CS(=O)(=O)N(CC(=O)N(Cc1ccc(Br)cc1)C(Cc1ccccc1)C(=O)NC1CCCC1)c1ccccc1F. The number of rotatable bonds is 11. The number of hydrogen-bond acceptors (Lipinski definition) is 4. The van der Waals surface area contributed by atoms with E-state index >= 15 is 0 Å². The minimum atomic E-state index is -4.03. The molecule has 7 nitrogen and oxygen atoms in total. The van der Waals surface area contributed by atoms with Gasteiger partial charge in [-0.1, -0.05) is 83.4 Å². The highest BCUT2D eigenvalue weighted by molar-refractivity contribution is 9.10. The number of nitrogens with one attached hydrogen (secondary N) is 1. The molecule has 0 bridgehead atoms. The predicted molar refractivity (Wildman–Crippen MR) is 158 cm³/mol. The van der Waals surface area contributed by atoms with Crippen molar-refractivity contribution in [2.45, 2.75) is 50.7 Å². The monoisotopic (exact) mass is 629 g/mol. The lowest BCUT2D eigenvalue weighted by atomic mass is 10.0. The molecule has 1 aliphatic carbocycles. The van der Waals surface area contributed by atoms with Crippen molar-refractivity contribution in [1.29, 1.82) is 0 Å². The van der Waals surface area contributed by atoms with Crippen molar-refractivity contribution in [3.8, 4) is 0 Å². The van der Waals surface area contributed by atoms with E-state index in [4.69, 9.17) is 0 Å². The zero-order valence-corrected chi connectivity index (χ0v) is 24.7. The number of nitrogens with zero attached hydrogens (tertiary/aromatic N) is 2. The van der Waals surface area contributed by atoms with Crippen molar-refractivity contribution in [2.24, 2.45) is 0 Å². The Labute approximate surface area is 243 Å². The number of para-hydroxylation sites is 1. The van der Waals surface area contributed by atoms with Gasteiger partial charge >= 0.3 is 0 Å². The molecule has 4 rings (SSSR count). The summed E-state index contributed by atoms with van der Waals surface area (Å²) in [4.78, 5) is 29.3. The predicted octanol–water partition coefficient (Wildman–Crippen LogP) is 5.05. The molecule has 1 aliphatic rings. The Bertz CT molecular complexity index is 1410. The van der Waals surface area contributed by atoms with E-state index in [0.717, 1.165) is 57.9 Å². The van der Waals surface area contributed by atoms with Gasteiger partial charge in [-0.15, -0.1) is 0 Å². The van der Waals surface area contributed by atoms with Gasteiger partial charge in [0.05, 0.1) is 11.9 Å². The van der Waals surface area contributed by atoms with E-state index < -0.39 is 34.3 Å². The third-order valence-electron chi connectivity index (χ3n) is 7.04. The average molecular weight is 631 g/mol. The summed E-state index contributed by atoms with van der Waals surface area (Å²) in [5.41, 5.74) is 1.40. The smallest absolute Gasteiger partial charge is 0.244 e. The van der Waals surface area contributed by atoms with Gasteiger partial charge in [0.25, 0.3) is 0 Å². The van der Waals surface area contributed by atoms with Crippen LogP contribution in [0.15, 0.2) is 83.3 Å². The first-order valence-electron chi connectivity index (χ1n) is 13.2. The highest BCUT2D eigenvalue weighted by Crippen LogP contribution is 2.24. The highest BCUT2D eigenvalue weighted by Gasteiger charge is 2.34. The second-order valence-electron chi connectivity index (χ2n) is 10.1. The maximum atomic E-state index is 14.7. The lowest BCUT2D eigenvalue weighted by molar-refractivity contribution is -0.140. The van der Waals surface area contributed by atoms with E-state index in [-0.39, 0.29) is 30.6 Å². The molecular formula is C30H33BrFN3O4S. The van der Waals surface area contributed by atoms with Gasteiger partial charge in [-0.05, 0) is 48.2 Å². The maximum absolute atomic E-state index is 14.7. The quantitative estimate of drug-likeness (QED) is 0.321. The lowest BCUT2D eigenvalue weighted by Crippen LogP contribution is -2.54. The number of anilines is 1. The molecule has 1 N–H and O–H groups in total. The highest BCUT2D eigenvalue weighted by atomic mass is 79.9. The third-order valence-corrected chi connectivity index (χ3v) is 8.69. The van der Waals surface area contributed by atoms with E-state index in [2.05, 4.69) is 21.2 Å². The molecule has 3 aromatic rings. The average Bonchev–Trinajstić information content (AvgIpc) is 3.43. The van der Waals surface area contributed by atoms with E-state index in [9.17, 15) is 22.4 Å². The molecule has 10 heteroatoms. The largest absolute Gasteiger partial charge is 0.352 e. The van der Waals surface area contributed by atoms with E-state index in [0.29, 0.717) is 0 Å². The summed E-state index contributed by atoms with van der Waals surface area (Å²) in [6.45, 7) is -0.588. The molecule has 0 aromatic heterocycles. The van der Waals surface area contributed by atoms with Crippen LogP contribution < -0.4 is 9.62 Å². The van der Waals surface area contributed by atoms with Crippen LogP contribution in [0.2, 0.25) is 0 Å². The van der Waals surface area contributed by atoms with Crippen molar-refractivity contribution in [1.82, 2.24) is 10.2 Å². The summed E-state index contributed by atoms with van der Waals surface area (Å²) in [6.07, 6.45) is 4.98. The Morgan fingerprint density at radius 1 is 0.950 bits per heavy atom. The van der Waals surface area contributed by atoms with Gasteiger partial charge in [0.1, 0.15) is 18.4 Å². The molecule has 1 unspecified atom stereocenters. The Balaban J connectivity index is 1.72. The zero-order chi connectivity index (χ0) is 28.7. The fraction of sp³-hybridized carbons (Fsp3) is 0.333. The van der Waals surface area contributed by atoms with Gasteiger partial charge in [0.2, 0.25) is 21.8 Å². The van der Waals surface area contributed by atoms with Crippen LogP contribution in [0, 0.1) is 5.82 Å². The number of carbonyl (C=O) groups excluding carboxylic acids is 2. The van der Waals surface area contributed by atoms with Crippen LogP contribution in [0.1, 0.15) is 36.8 Å². The molecule has 0 aliphatic heterocycles. The summed E-state index contributed by atoms with van der Waals surface area (Å²) in [5.74, 6) is -1.67. The van der Waals surface area contributed by atoms with Gasteiger partial charge < -0.3 is 10.2 Å². The topological polar surface area (TPSA) is 86.8 Å². The van der Waals surface area contributed by atoms with Gasteiger partial charge in [-0.25, -0.2) is 12.8 Å². The normalized spacial score (nSPS) is 14.5. The van der Waals surface area contributed by atoms with Crippen LogP contribution >= 0.6 is 15.9 Å². The molecule has 0 spiro atoms. The fourth-order valence-corrected chi connectivity index (χ4v) is 6.07. The van der Waals surface area contributed by atoms with Crippen LogP contribution in [0.25, 0.3) is 0 Å². The number of benzene rings is 3. The first kappa shape index (κ1) is 29.7. The van der Waals surface area contributed by atoms with Gasteiger partial charge in [-0.3, -0.25) is 13.9 Å². The van der Waals surface area contributed by atoms with Crippen molar-refractivity contribution >= 4 is 43.5 Å². The van der Waals surface area contributed by atoms with Crippen LogP contribution in [0.5, 0.6) is 0 Å². The van der Waals surface area contributed by atoms with Crippen LogP contribution in [0.4, 0.5) is 10.1 Å². The molecule has 2 amide bonds. The molecule has 1 fully saturated rings. The molecule has 1 atom stereocenters. The minimum Gasteiger partial charge on any atom is -0.352 e. The molecular weight excluding hydrogens is 597 g/mol. The molecule has 0 radical (unpaired) electrons. The summed E-state index contributed by atoms with van der Waals surface area (Å²) < 4.78 is 41.9. The van der Waals surface area contributed by atoms with Gasteiger partial charge in [0, 0.05) is 23.5 Å². The van der Waals surface area contributed by atoms with Crippen molar-refractivity contribution < 1.29 is 22.4 Å². The summed E-state index contributed by atoms with van der Waals surface area (Å²) >= 11 is 3.42. The third kappa shape index (κ3) is 7.91. The van der Waals surface area contributed by atoms with Crippen LogP contribution in [0.3, 0.4) is 0 Å². The van der Waals surface area contributed by atoms with Gasteiger partial charge in [0.15, 0.2) is 0 Å². The molecule has 0 saturated heterocycles. The van der Waals surface area contributed by atoms with Crippen molar-refractivity contribution in [2.75, 3.05) is 17.1 Å². The Morgan fingerprint density at radius 3 is 2.20 bits per heavy atom. The van der Waals surface area contributed by atoms with E-state index in [1.54, 1.807) is 0 Å². The first-order valence-corrected chi connectivity index (χ1v) is 15.9. The van der Waals surface area contributed by atoms with Crippen molar-refractivity contribution in [3.05, 3.63) is 100 Å². The Hall–Kier alpha value is -3.24. The molecule has 0 heterocycles. The van der Waals surface area contributed by atoms with Crippen LogP contribution in [-0.4, -0.2) is 50.0 Å². The molecule has 1 saturated carbocycles.